The number of anilines is 1. The van der Waals surface area contributed by atoms with Crippen molar-refractivity contribution in [2.45, 2.75) is 13.8 Å². The van der Waals surface area contributed by atoms with Gasteiger partial charge in [0.1, 0.15) is 0 Å². The summed E-state index contributed by atoms with van der Waals surface area (Å²) in [6.07, 6.45) is 1.43. The minimum Gasteiger partial charge on any atom is -0.481 e. The third kappa shape index (κ3) is 6.09. The van der Waals surface area contributed by atoms with Crippen LogP contribution in [0.25, 0.3) is 0 Å². The SMILES string of the molecule is COc1ccc(NC(=O)C(=O)NCC(C)(C)CN(C)C)cn1. The predicted octanol–water partition coefficient (Wildman–Crippen LogP) is 0.733. The molecule has 7 heteroatoms. The second kappa shape index (κ2) is 7.74. The van der Waals surface area contributed by atoms with E-state index in [4.69, 9.17) is 4.74 Å². The molecule has 2 N–H and O–H groups in total. The summed E-state index contributed by atoms with van der Waals surface area (Å²) in [6, 6.07) is 3.22. The first-order valence-electron chi connectivity index (χ1n) is 6.97. The zero-order valence-electron chi connectivity index (χ0n) is 13.8. The first-order chi connectivity index (χ1) is 10.2. The lowest BCUT2D eigenvalue weighted by Crippen LogP contribution is -2.43. The summed E-state index contributed by atoms with van der Waals surface area (Å²) in [4.78, 5) is 29.6. The minimum absolute atomic E-state index is 0.124. The fourth-order valence-corrected chi connectivity index (χ4v) is 2.07. The lowest BCUT2D eigenvalue weighted by Gasteiger charge is -2.28. The second-order valence-electron chi connectivity index (χ2n) is 6.13. The third-order valence-electron chi connectivity index (χ3n) is 2.88. The number of nitrogens with one attached hydrogen (secondary N) is 2. The van der Waals surface area contributed by atoms with Gasteiger partial charge in [0.2, 0.25) is 5.88 Å². The number of carbonyl (C=O) groups excluding carboxylic acids is 2. The van der Waals surface area contributed by atoms with Gasteiger partial charge < -0.3 is 20.3 Å². The highest BCUT2D eigenvalue weighted by atomic mass is 16.5. The summed E-state index contributed by atoms with van der Waals surface area (Å²) in [5.74, 6) is -0.942. The fraction of sp³-hybridized carbons (Fsp3) is 0.533. The minimum atomic E-state index is -0.715. The van der Waals surface area contributed by atoms with Crippen LogP contribution in [0.15, 0.2) is 18.3 Å². The van der Waals surface area contributed by atoms with Crippen LogP contribution in [0.5, 0.6) is 5.88 Å². The number of methoxy groups -OCH3 is 1. The molecule has 122 valence electrons. The van der Waals surface area contributed by atoms with Gasteiger partial charge in [-0.1, -0.05) is 13.8 Å². The molecule has 1 rings (SSSR count). The number of ether oxygens (including phenoxy) is 1. The molecule has 2 amide bonds. The molecule has 0 aliphatic heterocycles. The van der Waals surface area contributed by atoms with Gasteiger partial charge in [-0.15, -0.1) is 0 Å². The average molecular weight is 308 g/mol. The number of nitrogens with zero attached hydrogens (tertiary/aromatic N) is 2. The maximum absolute atomic E-state index is 11.8. The lowest BCUT2D eigenvalue weighted by molar-refractivity contribution is -0.136. The summed E-state index contributed by atoms with van der Waals surface area (Å²) < 4.78 is 4.92. The topological polar surface area (TPSA) is 83.6 Å². The van der Waals surface area contributed by atoms with E-state index < -0.39 is 11.8 Å². The molecule has 0 fully saturated rings. The Morgan fingerprint density at radius 3 is 2.45 bits per heavy atom. The largest absolute Gasteiger partial charge is 0.481 e. The molecule has 0 atom stereocenters. The van der Waals surface area contributed by atoms with E-state index >= 15 is 0 Å². The van der Waals surface area contributed by atoms with Crippen molar-refractivity contribution >= 4 is 17.5 Å². The molecule has 0 radical (unpaired) electrons. The van der Waals surface area contributed by atoms with Gasteiger partial charge in [0, 0.05) is 19.2 Å². The van der Waals surface area contributed by atoms with Crippen molar-refractivity contribution in [1.82, 2.24) is 15.2 Å². The van der Waals surface area contributed by atoms with E-state index in [9.17, 15) is 9.59 Å². The quantitative estimate of drug-likeness (QED) is 0.757. The number of pyridine rings is 1. The Morgan fingerprint density at radius 2 is 1.95 bits per heavy atom. The van der Waals surface area contributed by atoms with Crippen LogP contribution in [-0.2, 0) is 9.59 Å². The molecule has 0 spiro atoms. The molecule has 0 saturated heterocycles. The van der Waals surface area contributed by atoms with Crippen molar-refractivity contribution < 1.29 is 14.3 Å². The zero-order valence-corrected chi connectivity index (χ0v) is 13.8. The Bertz CT molecular complexity index is 512. The number of aromatic nitrogens is 1. The second-order valence-corrected chi connectivity index (χ2v) is 6.13. The Kier molecular flexibility index (Phi) is 6.30. The van der Waals surface area contributed by atoms with Crippen LogP contribution in [0.2, 0.25) is 0 Å². The Morgan fingerprint density at radius 1 is 1.27 bits per heavy atom. The fourth-order valence-electron chi connectivity index (χ4n) is 2.07. The van der Waals surface area contributed by atoms with E-state index in [2.05, 4.69) is 15.6 Å². The maximum atomic E-state index is 11.8. The molecule has 0 aliphatic carbocycles. The summed E-state index contributed by atoms with van der Waals surface area (Å²) in [7, 11) is 5.43. The van der Waals surface area contributed by atoms with Gasteiger partial charge in [0.05, 0.1) is 19.0 Å². The van der Waals surface area contributed by atoms with E-state index in [1.54, 1.807) is 12.1 Å². The van der Waals surface area contributed by atoms with Gasteiger partial charge in [-0.05, 0) is 25.6 Å². The first kappa shape index (κ1) is 17.9. The first-order valence-corrected chi connectivity index (χ1v) is 6.97. The molecule has 0 bridgehead atoms. The maximum Gasteiger partial charge on any atom is 0.313 e. The van der Waals surface area contributed by atoms with Crippen LogP contribution in [0.1, 0.15) is 13.8 Å². The summed E-state index contributed by atoms with van der Waals surface area (Å²) in [5, 5.41) is 5.14. The molecule has 0 aromatic carbocycles. The summed E-state index contributed by atoms with van der Waals surface area (Å²) >= 11 is 0. The summed E-state index contributed by atoms with van der Waals surface area (Å²) in [6.45, 7) is 5.27. The third-order valence-corrected chi connectivity index (χ3v) is 2.88. The monoisotopic (exact) mass is 308 g/mol. The highest BCUT2D eigenvalue weighted by molar-refractivity contribution is 6.39. The molecule has 0 saturated carbocycles. The van der Waals surface area contributed by atoms with Crippen molar-refractivity contribution in [3.8, 4) is 5.88 Å². The van der Waals surface area contributed by atoms with Crippen molar-refractivity contribution in [1.29, 1.82) is 0 Å². The molecule has 1 aromatic rings. The smallest absolute Gasteiger partial charge is 0.313 e. The van der Waals surface area contributed by atoms with Gasteiger partial charge in [0.15, 0.2) is 0 Å². The van der Waals surface area contributed by atoms with Gasteiger partial charge in [0.25, 0.3) is 0 Å². The predicted molar refractivity (Wildman–Crippen MR) is 84.8 cm³/mol. The molecule has 1 heterocycles. The van der Waals surface area contributed by atoms with Crippen molar-refractivity contribution in [2.75, 3.05) is 39.6 Å². The number of rotatable bonds is 6. The number of hydrogen-bond donors (Lipinski definition) is 2. The average Bonchev–Trinajstić information content (AvgIpc) is 2.44. The van der Waals surface area contributed by atoms with Crippen molar-refractivity contribution in [2.24, 2.45) is 5.41 Å². The van der Waals surface area contributed by atoms with Crippen LogP contribution in [0, 0.1) is 5.41 Å². The number of amides is 2. The van der Waals surface area contributed by atoms with Crippen LogP contribution in [0.3, 0.4) is 0 Å². The number of hydrogen-bond acceptors (Lipinski definition) is 5. The molecular formula is C15H24N4O3. The van der Waals surface area contributed by atoms with E-state index in [-0.39, 0.29) is 5.41 Å². The van der Waals surface area contributed by atoms with Gasteiger partial charge in [-0.2, -0.15) is 0 Å². The number of carbonyl (C=O) groups is 2. The Labute approximate surface area is 131 Å². The molecule has 1 aromatic heterocycles. The zero-order chi connectivity index (χ0) is 16.8. The van der Waals surface area contributed by atoms with Crippen LogP contribution >= 0.6 is 0 Å². The van der Waals surface area contributed by atoms with E-state index in [0.29, 0.717) is 18.1 Å². The van der Waals surface area contributed by atoms with Crippen molar-refractivity contribution in [3.63, 3.8) is 0 Å². The van der Waals surface area contributed by atoms with Crippen LogP contribution in [0.4, 0.5) is 5.69 Å². The molecule has 0 aliphatic rings. The molecule has 22 heavy (non-hydrogen) atoms. The normalized spacial score (nSPS) is 11.2. The van der Waals surface area contributed by atoms with E-state index in [0.717, 1.165) is 6.54 Å². The van der Waals surface area contributed by atoms with Crippen LogP contribution in [-0.4, -0.2) is 56.0 Å². The standard InChI is InChI=1S/C15H24N4O3/c1-15(2,10-19(3)4)9-17-13(20)14(21)18-11-6-7-12(22-5)16-8-11/h6-8H,9-10H2,1-5H3,(H,17,20)(H,18,21). The van der Waals surface area contributed by atoms with E-state index in [1.165, 1.54) is 13.3 Å². The van der Waals surface area contributed by atoms with Gasteiger partial charge in [-0.3, -0.25) is 9.59 Å². The Hall–Kier alpha value is -2.15. The highest BCUT2D eigenvalue weighted by Crippen LogP contribution is 2.14. The highest BCUT2D eigenvalue weighted by Gasteiger charge is 2.22. The van der Waals surface area contributed by atoms with E-state index in [1.807, 2.05) is 32.8 Å². The van der Waals surface area contributed by atoms with Crippen LogP contribution < -0.4 is 15.4 Å². The van der Waals surface area contributed by atoms with Gasteiger partial charge in [-0.25, -0.2) is 4.98 Å². The van der Waals surface area contributed by atoms with Gasteiger partial charge >= 0.3 is 11.8 Å². The summed E-state index contributed by atoms with van der Waals surface area (Å²) in [5.41, 5.74) is 0.315. The Balaban J connectivity index is 2.49. The lowest BCUT2D eigenvalue weighted by atomic mass is 9.93. The molecular weight excluding hydrogens is 284 g/mol. The van der Waals surface area contributed by atoms with Crippen molar-refractivity contribution in [3.05, 3.63) is 18.3 Å². The molecule has 0 unspecified atom stereocenters. The molecule has 7 nitrogen and oxygen atoms in total.